The van der Waals surface area contributed by atoms with Gasteiger partial charge in [0.15, 0.2) is 0 Å². The predicted molar refractivity (Wildman–Crippen MR) is 276 cm³/mol. The van der Waals surface area contributed by atoms with E-state index in [0.717, 1.165) is 143 Å². The van der Waals surface area contributed by atoms with Crippen LogP contribution in [-0.2, 0) is 19.2 Å². The molecule has 0 aliphatic heterocycles. The highest BCUT2D eigenvalue weighted by Crippen LogP contribution is 2.17. The fraction of sp³-hybridized carbons (Fsp3) is 0.390. The van der Waals surface area contributed by atoms with Crippen LogP contribution in [0.3, 0.4) is 0 Å². The largest absolute Gasteiger partial charge is 0.326 e. The maximum Gasteiger partial charge on any atom is 0.224 e. The summed E-state index contributed by atoms with van der Waals surface area (Å²) < 4.78 is 0. The third-order valence-electron chi connectivity index (χ3n) is 10.9. The third-order valence-corrected chi connectivity index (χ3v) is 10.9. The molecule has 0 atom stereocenters. The van der Waals surface area contributed by atoms with Gasteiger partial charge in [-0.1, -0.05) is 145 Å². The van der Waals surface area contributed by atoms with E-state index >= 15 is 0 Å². The first kappa shape index (κ1) is 52.6. The molecule has 8 nitrogen and oxygen atoms in total. The number of nitrogens with one attached hydrogen (secondary N) is 4. The lowest BCUT2D eigenvalue weighted by molar-refractivity contribution is -0.117. The summed E-state index contributed by atoms with van der Waals surface area (Å²) in [4.78, 5) is 49.7. The molecular formula is C59H68N4O4. The smallest absolute Gasteiger partial charge is 0.224 e. The molecule has 348 valence electrons. The van der Waals surface area contributed by atoms with Crippen molar-refractivity contribution >= 4 is 46.4 Å². The number of hydrogen-bond acceptors (Lipinski definition) is 4. The van der Waals surface area contributed by atoms with Gasteiger partial charge in [-0.25, -0.2) is 0 Å². The molecule has 0 aromatic heterocycles. The van der Waals surface area contributed by atoms with Crippen molar-refractivity contribution in [3.05, 3.63) is 119 Å². The van der Waals surface area contributed by atoms with Crippen molar-refractivity contribution in [1.82, 2.24) is 0 Å². The molecule has 0 unspecified atom stereocenters. The minimum Gasteiger partial charge on any atom is -0.326 e. The minimum atomic E-state index is -0.000332. The van der Waals surface area contributed by atoms with Crippen LogP contribution in [0.25, 0.3) is 0 Å². The fourth-order valence-electron chi connectivity index (χ4n) is 7.24. The van der Waals surface area contributed by atoms with E-state index in [4.69, 9.17) is 0 Å². The highest BCUT2D eigenvalue weighted by molar-refractivity contribution is 5.92. The molecule has 0 fully saturated rings. The number of rotatable bonds is 26. The van der Waals surface area contributed by atoms with Gasteiger partial charge in [0.2, 0.25) is 23.6 Å². The lowest BCUT2D eigenvalue weighted by Gasteiger charge is -2.06. The number of unbranched alkanes of at least 4 members (excludes halogenated alkanes) is 14. The summed E-state index contributed by atoms with van der Waals surface area (Å²) >= 11 is 0. The molecular weight excluding hydrogens is 829 g/mol. The molecule has 0 radical (unpaired) electrons. The first-order valence-electron chi connectivity index (χ1n) is 24.4. The van der Waals surface area contributed by atoms with Crippen molar-refractivity contribution in [2.45, 2.75) is 149 Å². The van der Waals surface area contributed by atoms with Gasteiger partial charge in [-0.3, -0.25) is 19.2 Å². The number of amides is 4. The van der Waals surface area contributed by atoms with Crippen LogP contribution in [-0.4, -0.2) is 23.6 Å². The Kier molecular flexibility index (Phi) is 25.6. The monoisotopic (exact) mass is 897 g/mol. The number of anilines is 4. The number of benzene rings is 4. The second-order valence-electron chi connectivity index (χ2n) is 16.8. The Morgan fingerprint density at radius 3 is 0.791 bits per heavy atom. The summed E-state index contributed by atoms with van der Waals surface area (Å²) in [5, 5.41) is 11.9. The van der Waals surface area contributed by atoms with Gasteiger partial charge in [-0.15, -0.1) is 0 Å². The summed E-state index contributed by atoms with van der Waals surface area (Å²) in [5.74, 6) is 23.8. The van der Waals surface area contributed by atoms with Gasteiger partial charge in [0, 0.05) is 70.7 Å². The molecule has 0 saturated carbocycles. The fourth-order valence-corrected chi connectivity index (χ4v) is 7.24. The average molecular weight is 897 g/mol. The van der Waals surface area contributed by atoms with Crippen LogP contribution < -0.4 is 21.3 Å². The molecule has 0 spiro atoms. The Hall–Kier alpha value is -7.00. The van der Waals surface area contributed by atoms with Crippen LogP contribution >= 0.6 is 0 Å². The maximum absolute atomic E-state index is 12.6. The standard InChI is InChI=1S/C59H68N4O4/c1-3-5-7-16-40-56(64)60-52-36-24-32-48(44-52)28-20-22-30-50-34-26-38-54(46-50)62-58(66)42-18-14-12-10-9-11-13-15-19-43-59(67)63-55-39-27-35-51(47-55)31-23-21-29-49-33-25-37-53(45-49)61-57(65)41-17-8-6-4-2/h24-27,32-39,44-47H,3-19,40-43H2,1-2H3,(H,60,64)(H,61,65)(H,62,66)(H,63,67). The Labute approximate surface area is 400 Å². The van der Waals surface area contributed by atoms with E-state index < -0.39 is 0 Å². The Balaban J connectivity index is 1.03. The topological polar surface area (TPSA) is 116 Å². The molecule has 4 amide bonds. The average Bonchev–Trinajstić information content (AvgIpc) is 3.32. The van der Waals surface area contributed by atoms with Crippen LogP contribution in [0.15, 0.2) is 97.1 Å². The van der Waals surface area contributed by atoms with Crippen LogP contribution in [0.4, 0.5) is 22.7 Å². The second kappa shape index (κ2) is 32.6. The molecule has 0 bridgehead atoms. The Bertz CT molecular complexity index is 2290. The molecule has 4 aromatic carbocycles. The predicted octanol–water partition coefficient (Wildman–Crippen LogP) is 13.2. The van der Waals surface area contributed by atoms with Crippen molar-refractivity contribution in [3.63, 3.8) is 0 Å². The minimum absolute atomic E-state index is 0.000332. The number of hydrogen-bond donors (Lipinski definition) is 4. The summed E-state index contributed by atoms with van der Waals surface area (Å²) in [6.07, 6.45) is 19.9. The van der Waals surface area contributed by atoms with E-state index in [9.17, 15) is 19.2 Å². The van der Waals surface area contributed by atoms with Crippen LogP contribution in [0.1, 0.15) is 171 Å². The second-order valence-corrected chi connectivity index (χ2v) is 16.8. The first-order valence-corrected chi connectivity index (χ1v) is 24.4. The van der Waals surface area contributed by atoms with Gasteiger partial charge in [0.1, 0.15) is 0 Å². The molecule has 0 aliphatic rings. The van der Waals surface area contributed by atoms with Crippen LogP contribution in [0.5, 0.6) is 0 Å². The molecule has 67 heavy (non-hydrogen) atoms. The van der Waals surface area contributed by atoms with E-state index in [1.807, 2.05) is 97.1 Å². The zero-order valence-corrected chi connectivity index (χ0v) is 39.7. The first-order chi connectivity index (χ1) is 32.8. The van der Waals surface area contributed by atoms with Crippen LogP contribution in [0, 0.1) is 47.4 Å². The van der Waals surface area contributed by atoms with Gasteiger partial charge >= 0.3 is 0 Å². The van der Waals surface area contributed by atoms with E-state index in [1.165, 1.54) is 0 Å². The zero-order chi connectivity index (χ0) is 47.6. The van der Waals surface area contributed by atoms with Crippen molar-refractivity contribution in [2.24, 2.45) is 0 Å². The normalized spacial score (nSPS) is 10.1. The molecule has 0 aliphatic carbocycles. The number of carbonyl (C=O) groups excluding carboxylic acids is 4. The summed E-state index contributed by atoms with van der Waals surface area (Å²) in [6, 6.07) is 29.9. The highest BCUT2D eigenvalue weighted by atomic mass is 16.2. The molecule has 4 rings (SSSR count). The number of carbonyl (C=O) groups is 4. The molecule has 0 heterocycles. The van der Waals surface area contributed by atoms with Gasteiger partial charge in [0.25, 0.3) is 0 Å². The summed E-state index contributed by atoms with van der Waals surface area (Å²) in [5.41, 5.74) is 5.98. The van der Waals surface area contributed by atoms with Gasteiger partial charge in [-0.2, -0.15) is 0 Å². The van der Waals surface area contributed by atoms with Crippen molar-refractivity contribution in [2.75, 3.05) is 21.3 Å². The van der Waals surface area contributed by atoms with E-state index in [1.54, 1.807) is 0 Å². The quantitative estimate of drug-likeness (QED) is 0.0371. The van der Waals surface area contributed by atoms with E-state index in [2.05, 4.69) is 82.5 Å². The van der Waals surface area contributed by atoms with E-state index in [-0.39, 0.29) is 23.6 Å². The molecule has 8 heteroatoms. The summed E-state index contributed by atoms with van der Waals surface area (Å²) in [6.45, 7) is 4.31. The van der Waals surface area contributed by atoms with Gasteiger partial charge in [0.05, 0.1) is 0 Å². The van der Waals surface area contributed by atoms with Crippen molar-refractivity contribution in [3.8, 4) is 47.4 Å². The highest BCUT2D eigenvalue weighted by Gasteiger charge is 2.07. The Morgan fingerprint density at radius 1 is 0.328 bits per heavy atom. The van der Waals surface area contributed by atoms with Crippen molar-refractivity contribution in [1.29, 1.82) is 0 Å². The molecule has 0 saturated heterocycles. The van der Waals surface area contributed by atoms with Gasteiger partial charge in [-0.05, 0) is 122 Å². The molecule has 4 N–H and O–H groups in total. The lowest BCUT2D eigenvalue weighted by Crippen LogP contribution is -2.11. The van der Waals surface area contributed by atoms with E-state index in [0.29, 0.717) is 37.1 Å². The van der Waals surface area contributed by atoms with Crippen molar-refractivity contribution < 1.29 is 19.2 Å². The van der Waals surface area contributed by atoms with Crippen LogP contribution in [0.2, 0.25) is 0 Å². The third kappa shape index (κ3) is 24.2. The maximum atomic E-state index is 12.6. The molecule has 4 aromatic rings. The Morgan fingerprint density at radius 2 is 0.552 bits per heavy atom. The summed E-state index contributed by atoms with van der Waals surface area (Å²) in [7, 11) is 0. The lowest BCUT2D eigenvalue weighted by atomic mass is 10.1. The van der Waals surface area contributed by atoms with Gasteiger partial charge < -0.3 is 21.3 Å². The zero-order valence-electron chi connectivity index (χ0n) is 39.7. The SMILES string of the molecule is CCCCCCC(=O)Nc1cccc(C#CC#Cc2cccc(NC(=O)CCCCCCCCCCCC(=O)Nc3cccc(C#CC#Cc4cccc(NC(=O)CCCCCC)c4)c3)c2)c1.